The van der Waals surface area contributed by atoms with Crippen molar-refractivity contribution in [2.75, 3.05) is 13.1 Å². The van der Waals surface area contributed by atoms with E-state index in [2.05, 4.69) is 6.92 Å². The maximum atomic E-state index is 11.5. The van der Waals surface area contributed by atoms with Gasteiger partial charge in [0.05, 0.1) is 6.10 Å². The predicted molar refractivity (Wildman–Crippen MR) is 70.1 cm³/mol. The molecule has 0 saturated carbocycles. The molecule has 1 fully saturated rings. The highest BCUT2D eigenvalue weighted by molar-refractivity contribution is 5.81. The Kier molecular flexibility index (Phi) is 6.65. The van der Waals surface area contributed by atoms with E-state index in [1.165, 1.54) is 0 Å². The van der Waals surface area contributed by atoms with E-state index in [0.717, 1.165) is 12.8 Å². The number of hydrogen-bond donors (Lipinski definition) is 1. The van der Waals surface area contributed by atoms with Crippen LogP contribution in [0.5, 0.6) is 0 Å². The molecule has 0 aromatic carbocycles. The van der Waals surface area contributed by atoms with Crippen molar-refractivity contribution < 1.29 is 14.7 Å². The minimum atomic E-state index is -0.348. The molecule has 0 aromatic rings. The third-order valence-electron chi connectivity index (χ3n) is 3.03. The normalized spacial score (nSPS) is 16.0. The number of nitrogens with zero attached hydrogens (tertiary/aromatic N) is 1. The van der Waals surface area contributed by atoms with Crippen LogP contribution in [0.4, 0.5) is 0 Å². The molecule has 1 heterocycles. The second-order valence-electron chi connectivity index (χ2n) is 4.81. The Morgan fingerprint density at radius 2 is 2.00 bits per heavy atom. The molecule has 1 N–H and O–H groups in total. The number of carbonyl (C=O) groups excluding carboxylic acids is 2. The van der Waals surface area contributed by atoms with Crippen molar-refractivity contribution >= 4 is 11.7 Å². The van der Waals surface area contributed by atoms with Crippen molar-refractivity contribution in [2.24, 2.45) is 0 Å². The van der Waals surface area contributed by atoms with Crippen molar-refractivity contribution in [3.63, 3.8) is 0 Å². The van der Waals surface area contributed by atoms with E-state index >= 15 is 0 Å². The number of Topliss-reactive ketones (excluding diaryl/α,β-unsaturated/α-hetero) is 1. The van der Waals surface area contributed by atoms with Gasteiger partial charge in [0.1, 0.15) is 5.78 Å². The van der Waals surface area contributed by atoms with Gasteiger partial charge in [-0.2, -0.15) is 0 Å². The topological polar surface area (TPSA) is 57.6 Å². The van der Waals surface area contributed by atoms with E-state index in [0.29, 0.717) is 38.8 Å². The van der Waals surface area contributed by atoms with E-state index in [9.17, 15) is 9.59 Å². The molecule has 0 spiro atoms. The molecule has 0 atom stereocenters. The van der Waals surface area contributed by atoms with Gasteiger partial charge in [0.2, 0.25) is 5.91 Å². The summed E-state index contributed by atoms with van der Waals surface area (Å²) in [5.74, 6) is 0.244. The Hall–Kier alpha value is -1.16. The largest absolute Gasteiger partial charge is 0.389 e. The maximum absolute atomic E-state index is 11.5. The summed E-state index contributed by atoms with van der Waals surface area (Å²) in [5.41, 5.74) is 0. The summed E-state index contributed by atoms with van der Waals surface area (Å²) in [6.45, 7) is 3.00. The molecule has 1 rings (SSSR count). The smallest absolute Gasteiger partial charge is 0.222 e. The first kappa shape index (κ1) is 14.9. The predicted octanol–water partition coefficient (Wildman–Crippen LogP) is 1.68. The molecule has 0 bridgehead atoms. The van der Waals surface area contributed by atoms with Crippen LogP contribution in [0.2, 0.25) is 0 Å². The lowest BCUT2D eigenvalue weighted by Crippen LogP contribution is -2.53. The second kappa shape index (κ2) is 8.03. The minimum absolute atomic E-state index is 0.0506. The van der Waals surface area contributed by atoms with Crippen LogP contribution in [-0.4, -0.2) is 40.9 Å². The summed E-state index contributed by atoms with van der Waals surface area (Å²) in [7, 11) is 0. The fraction of sp³-hybridized carbons (Fsp3) is 0.714. The Morgan fingerprint density at radius 3 is 2.61 bits per heavy atom. The third kappa shape index (κ3) is 5.45. The van der Waals surface area contributed by atoms with E-state index in [1.807, 2.05) is 12.2 Å². The average molecular weight is 253 g/mol. The Labute approximate surface area is 109 Å². The number of ketones is 1. The number of aliphatic hydroxyl groups is 1. The molecule has 102 valence electrons. The molecule has 4 nitrogen and oxygen atoms in total. The Morgan fingerprint density at radius 1 is 1.28 bits per heavy atom. The van der Waals surface area contributed by atoms with Crippen LogP contribution in [0.3, 0.4) is 0 Å². The first-order valence-corrected chi connectivity index (χ1v) is 6.76. The zero-order chi connectivity index (χ0) is 13.4. The molecule has 0 radical (unpaired) electrons. The van der Waals surface area contributed by atoms with Crippen molar-refractivity contribution in [1.29, 1.82) is 0 Å². The van der Waals surface area contributed by atoms with Gasteiger partial charge >= 0.3 is 0 Å². The second-order valence-corrected chi connectivity index (χ2v) is 4.81. The van der Waals surface area contributed by atoms with Crippen molar-refractivity contribution in [2.45, 2.75) is 51.6 Å². The molecule has 0 aromatic heterocycles. The molecule has 0 unspecified atom stereocenters. The van der Waals surface area contributed by atoms with E-state index in [-0.39, 0.29) is 17.8 Å². The molecular formula is C14H23NO3. The quantitative estimate of drug-likeness (QED) is 0.669. The van der Waals surface area contributed by atoms with E-state index in [4.69, 9.17) is 5.11 Å². The number of amides is 1. The van der Waals surface area contributed by atoms with Crippen LogP contribution < -0.4 is 0 Å². The van der Waals surface area contributed by atoms with Crippen LogP contribution in [0.15, 0.2) is 12.2 Å². The highest BCUT2D eigenvalue weighted by atomic mass is 16.3. The standard InChI is InChI=1S/C14H23NO3/c1-2-3-4-5-7-12(16)8-6-9-14(18)15-10-13(17)11-15/h4-5,13,17H,2-3,6-11H2,1H3/b5-4+. The van der Waals surface area contributed by atoms with E-state index < -0.39 is 0 Å². The third-order valence-corrected chi connectivity index (χ3v) is 3.03. The summed E-state index contributed by atoms with van der Waals surface area (Å²) >= 11 is 0. The van der Waals surface area contributed by atoms with Gasteiger partial charge in [-0.3, -0.25) is 9.59 Å². The lowest BCUT2D eigenvalue weighted by Gasteiger charge is -2.35. The molecule has 4 heteroatoms. The SMILES string of the molecule is CCC/C=C/CC(=O)CCCC(=O)N1CC(O)C1. The lowest BCUT2D eigenvalue weighted by molar-refractivity contribution is -0.141. The van der Waals surface area contributed by atoms with Crippen molar-refractivity contribution in [3.05, 3.63) is 12.2 Å². The van der Waals surface area contributed by atoms with Crippen LogP contribution >= 0.6 is 0 Å². The zero-order valence-corrected chi connectivity index (χ0v) is 11.1. The number of β-amino-alcohol motifs (C(OH)–C–C–N with tert-alkyl or cyclic N) is 1. The Bertz CT molecular complexity index is 306. The fourth-order valence-corrected chi connectivity index (χ4v) is 1.86. The highest BCUT2D eigenvalue weighted by Crippen LogP contribution is 2.11. The van der Waals surface area contributed by atoms with Crippen molar-refractivity contribution in [3.8, 4) is 0 Å². The summed E-state index contributed by atoms with van der Waals surface area (Å²) in [4.78, 5) is 24.7. The summed E-state index contributed by atoms with van der Waals surface area (Å²) < 4.78 is 0. The number of rotatable bonds is 8. The summed E-state index contributed by atoms with van der Waals surface area (Å²) in [6.07, 6.45) is 7.70. The van der Waals surface area contributed by atoms with Gasteiger partial charge in [0.15, 0.2) is 0 Å². The first-order valence-electron chi connectivity index (χ1n) is 6.76. The first-order chi connectivity index (χ1) is 8.63. The van der Waals surface area contributed by atoms with Crippen molar-refractivity contribution in [1.82, 2.24) is 4.90 Å². The van der Waals surface area contributed by atoms with Gasteiger partial charge in [-0.05, 0) is 12.8 Å². The monoisotopic (exact) mass is 253 g/mol. The zero-order valence-electron chi connectivity index (χ0n) is 11.1. The number of unbranched alkanes of at least 4 members (excludes halogenated alkanes) is 1. The summed E-state index contributed by atoms with van der Waals surface area (Å²) in [6, 6.07) is 0. The van der Waals surface area contributed by atoms with Crippen LogP contribution in [-0.2, 0) is 9.59 Å². The number of likely N-dealkylation sites (tertiary alicyclic amines) is 1. The van der Waals surface area contributed by atoms with Gasteiger partial charge < -0.3 is 10.0 Å². The van der Waals surface area contributed by atoms with Gasteiger partial charge in [-0.25, -0.2) is 0 Å². The lowest BCUT2D eigenvalue weighted by atomic mass is 10.1. The molecule has 1 aliphatic rings. The van der Waals surface area contributed by atoms with E-state index in [1.54, 1.807) is 4.90 Å². The molecule has 0 aliphatic carbocycles. The average Bonchev–Trinajstić information content (AvgIpc) is 2.30. The van der Waals surface area contributed by atoms with Gasteiger partial charge in [-0.1, -0.05) is 25.5 Å². The van der Waals surface area contributed by atoms with Crippen LogP contribution in [0.1, 0.15) is 45.4 Å². The Balaban J connectivity index is 2.03. The van der Waals surface area contributed by atoms with Crippen LogP contribution in [0, 0.1) is 0 Å². The molecular weight excluding hydrogens is 230 g/mol. The highest BCUT2D eigenvalue weighted by Gasteiger charge is 2.27. The van der Waals surface area contributed by atoms with Gasteiger partial charge in [-0.15, -0.1) is 0 Å². The maximum Gasteiger partial charge on any atom is 0.222 e. The number of aliphatic hydroxyl groups excluding tert-OH is 1. The minimum Gasteiger partial charge on any atom is -0.389 e. The molecule has 1 aliphatic heterocycles. The molecule has 1 amide bonds. The fourth-order valence-electron chi connectivity index (χ4n) is 1.86. The number of carbonyl (C=O) groups is 2. The van der Waals surface area contributed by atoms with Gasteiger partial charge in [0, 0.05) is 32.4 Å². The van der Waals surface area contributed by atoms with Crippen LogP contribution in [0.25, 0.3) is 0 Å². The summed E-state index contributed by atoms with van der Waals surface area (Å²) in [5, 5.41) is 9.07. The molecule has 1 saturated heterocycles. The number of hydrogen-bond acceptors (Lipinski definition) is 3. The molecule has 18 heavy (non-hydrogen) atoms. The van der Waals surface area contributed by atoms with Gasteiger partial charge in [0.25, 0.3) is 0 Å². The number of allylic oxidation sites excluding steroid dienone is 2.